The lowest BCUT2D eigenvalue weighted by atomic mass is 10.2. The molecule has 5 nitrogen and oxygen atoms in total. The van der Waals surface area contributed by atoms with Gasteiger partial charge in [-0.1, -0.05) is 5.16 Å². The van der Waals surface area contributed by atoms with Crippen LogP contribution in [0.15, 0.2) is 10.6 Å². The van der Waals surface area contributed by atoms with E-state index in [0.29, 0.717) is 24.0 Å². The molecule has 1 heterocycles. The van der Waals surface area contributed by atoms with E-state index in [9.17, 15) is 4.79 Å². The second-order valence-electron chi connectivity index (χ2n) is 6.18. The minimum atomic E-state index is -0.240. The molecule has 2 rings (SSSR count). The molecular weight excluding hydrogens is 244 g/mol. The number of rotatable bonds is 5. The predicted molar refractivity (Wildman–Crippen MR) is 70.7 cm³/mol. The standard InChI is InChI=1S/C14H22N2O3/c1-9(10-5-6-10)15-13(17)12-7-11(19-16-12)8-18-14(2,3)4/h7,9-10H,5-6,8H2,1-4H3,(H,15,17)/t9-/m0/s1. The summed E-state index contributed by atoms with van der Waals surface area (Å²) >= 11 is 0. The smallest absolute Gasteiger partial charge is 0.273 e. The Morgan fingerprint density at radius 1 is 1.58 bits per heavy atom. The van der Waals surface area contributed by atoms with E-state index in [1.54, 1.807) is 6.07 Å². The van der Waals surface area contributed by atoms with Gasteiger partial charge in [-0.2, -0.15) is 0 Å². The topological polar surface area (TPSA) is 64.4 Å². The third kappa shape index (κ3) is 4.35. The zero-order valence-corrected chi connectivity index (χ0v) is 12.0. The first kappa shape index (κ1) is 14.1. The van der Waals surface area contributed by atoms with Crippen molar-refractivity contribution in [3.63, 3.8) is 0 Å². The Morgan fingerprint density at radius 3 is 2.84 bits per heavy atom. The average Bonchev–Trinajstić information content (AvgIpc) is 3.04. The monoisotopic (exact) mass is 266 g/mol. The number of carbonyl (C=O) groups is 1. The Morgan fingerprint density at radius 2 is 2.26 bits per heavy atom. The van der Waals surface area contributed by atoms with Crippen molar-refractivity contribution in [3.8, 4) is 0 Å². The van der Waals surface area contributed by atoms with Gasteiger partial charge in [-0.3, -0.25) is 4.79 Å². The SMILES string of the molecule is C[C@H](NC(=O)c1cc(COC(C)(C)C)on1)C1CC1. The Labute approximate surface area is 113 Å². The van der Waals surface area contributed by atoms with Crippen molar-refractivity contribution in [1.82, 2.24) is 10.5 Å². The van der Waals surface area contributed by atoms with Crippen LogP contribution in [0.3, 0.4) is 0 Å². The summed E-state index contributed by atoms with van der Waals surface area (Å²) in [4.78, 5) is 11.9. The van der Waals surface area contributed by atoms with Gasteiger partial charge in [0.25, 0.3) is 5.91 Å². The maximum Gasteiger partial charge on any atom is 0.273 e. The highest BCUT2D eigenvalue weighted by atomic mass is 16.5. The van der Waals surface area contributed by atoms with Crippen molar-refractivity contribution in [2.24, 2.45) is 5.92 Å². The highest BCUT2D eigenvalue weighted by molar-refractivity contribution is 5.92. The molecule has 1 aromatic rings. The predicted octanol–water partition coefficient (Wildman–Crippen LogP) is 2.52. The summed E-state index contributed by atoms with van der Waals surface area (Å²) in [5.74, 6) is 1.02. The minimum absolute atomic E-state index is 0.176. The van der Waals surface area contributed by atoms with E-state index in [2.05, 4.69) is 10.5 Å². The summed E-state index contributed by atoms with van der Waals surface area (Å²) < 4.78 is 10.7. The average molecular weight is 266 g/mol. The van der Waals surface area contributed by atoms with Gasteiger partial charge in [-0.05, 0) is 46.5 Å². The van der Waals surface area contributed by atoms with Gasteiger partial charge in [0.2, 0.25) is 0 Å². The number of carbonyl (C=O) groups excluding carboxylic acids is 1. The summed E-state index contributed by atoms with van der Waals surface area (Å²) in [7, 11) is 0. The molecule has 0 unspecified atom stereocenters. The molecule has 1 atom stereocenters. The molecule has 0 radical (unpaired) electrons. The lowest BCUT2D eigenvalue weighted by Gasteiger charge is -2.17. The molecular formula is C14H22N2O3. The van der Waals surface area contributed by atoms with E-state index in [0.717, 1.165) is 0 Å². The highest BCUT2D eigenvalue weighted by Crippen LogP contribution is 2.32. The van der Waals surface area contributed by atoms with Gasteiger partial charge >= 0.3 is 0 Å². The molecule has 1 saturated carbocycles. The summed E-state index contributed by atoms with van der Waals surface area (Å²) in [6, 6.07) is 1.85. The largest absolute Gasteiger partial charge is 0.368 e. The Kier molecular flexibility index (Phi) is 3.94. The molecule has 106 valence electrons. The van der Waals surface area contributed by atoms with Crippen molar-refractivity contribution < 1.29 is 14.1 Å². The summed E-state index contributed by atoms with van der Waals surface area (Å²) in [5, 5.41) is 6.72. The second-order valence-corrected chi connectivity index (χ2v) is 6.18. The first-order valence-electron chi connectivity index (χ1n) is 6.75. The number of aromatic nitrogens is 1. The maximum atomic E-state index is 11.9. The molecule has 0 saturated heterocycles. The number of ether oxygens (including phenoxy) is 1. The molecule has 0 aromatic carbocycles. The Bertz CT molecular complexity index is 444. The number of nitrogens with one attached hydrogen (secondary N) is 1. The summed E-state index contributed by atoms with van der Waals surface area (Å²) in [6.07, 6.45) is 2.40. The van der Waals surface area contributed by atoms with Crippen LogP contribution in [0.4, 0.5) is 0 Å². The van der Waals surface area contributed by atoms with Crippen molar-refractivity contribution >= 4 is 5.91 Å². The van der Waals surface area contributed by atoms with Crippen molar-refractivity contribution in [2.75, 3.05) is 0 Å². The molecule has 1 aliphatic carbocycles. The van der Waals surface area contributed by atoms with E-state index >= 15 is 0 Å². The number of nitrogens with zero attached hydrogens (tertiary/aromatic N) is 1. The first-order valence-corrected chi connectivity index (χ1v) is 6.75. The van der Waals surface area contributed by atoms with Crippen LogP contribution < -0.4 is 5.32 Å². The van der Waals surface area contributed by atoms with Crippen LogP contribution in [0.2, 0.25) is 0 Å². The quantitative estimate of drug-likeness (QED) is 0.889. The van der Waals surface area contributed by atoms with Crippen LogP contribution in [-0.4, -0.2) is 22.7 Å². The number of hydrogen-bond acceptors (Lipinski definition) is 4. The number of amides is 1. The third-order valence-electron chi connectivity index (χ3n) is 3.13. The first-order chi connectivity index (χ1) is 8.85. The fourth-order valence-electron chi connectivity index (χ4n) is 1.77. The van der Waals surface area contributed by atoms with Gasteiger partial charge < -0.3 is 14.6 Å². The van der Waals surface area contributed by atoms with Crippen LogP contribution in [0, 0.1) is 5.92 Å². The van der Waals surface area contributed by atoms with Gasteiger partial charge in [0.1, 0.15) is 6.61 Å². The third-order valence-corrected chi connectivity index (χ3v) is 3.13. The summed E-state index contributed by atoms with van der Waals surface area (Å²) in [6.45, 7) is 8.25. The van der Waals surface area contributed by atoms with E-state index in [-0.39, 0.29) is 17.6 Å². The van der Waals surface area contributed by atoms with Crippen molar-refractivity contribution in [3.05, 3.63) is 17.5 Å². The summed E-state index contributed by atoms with van der Waals surface area (Å²) in [5.41, 5.74) is 0.0791. The van der Waals surface area contributed by atoms with Crippen LogP contribution in [0.25, 0.3) is 0 Å². The molecule has 1 amide bonds. The van der Waals surface area contributed by atoms with E-state index in [1.807, 2.05) is 27.7 Å². The maximum absolute atomic E-state index is 11.9. The van der Waals surface area contributed by atoms with E-state index in [4.69, 9.17) is 9.26 Å². The van der Waals surface area contributed by atoms with Gasteiger partial charge in [0.05, 0.1) is 5.60 Å². The Hall–Kier alpha value is -1.36. The van der Waals surface area contributed by atoms with Crippen LogP contribution in [0.5, 0.6) is 0 Å². The van der Waals surface area contributed by atoms with Crippen LogP contribution in [-0.2, 0) is 11.3 Å². The molecule has 0 bridgehead atoms. The fourth-order valence-corrected chi connectivity index (χ4v) is 1.77. The van der Waals surface area contributed by atoms with E-state index < -0.39 is 0 Å². The van der Waals surface area contributed by atoms with Crippen LogP contribution >= 0.6 is 0 Å². The zero-order valence-electron chi connectivity index (χ0n) is 12.0. The molecule has 1 fully saturated rings. The molecule has 5 heteroatoms. The molecule has 1 N–H and O–H groups in total. The van der Waals surface area contributed by atoms with E-state index in [1.165, 1.54) is 12.8 Å². The zero-order chi connectivity index (χ0) is 14.0. The van der Waals surface area contributed by atoms with Gasteiger partial charge in [0, 0.05) is 12.1 Å². The normalized spacial score (nSPS) is 17.3. The lowest BCUT2D eigenvalue weighted by molar-refractivity contribution is -0.0241. The van der Waals surface area contributed by atoms with Crippen molar-refractivity contribution in [2.45, 2.75) is 58.8 Å². The minimum Gasteiger partial charge on any atom is -0.368 e. The fraction of sp³-hybridized carbons (Fsp3) is 0.714. The van der Waals surface area contributed by atoms with Gasteiger partial charge in [-0.15, -0.1) is 0 Å². The van der Waals surface area contributed by atoms with Crippen molar-refractivity contribution in [1.29, 1.82) is 0 Å². The van der Waals surface area contributed by atoms with Gasteiger partial charge in [-0.25, -0.2) is 0 Å². The van der Waals surface area contributed by atoms with Crippen LogP contribution in [0.1, 0.15) is 56.8 Å². The molecule has 1 aromatic heterocycles. The molecule has 19 heavy (non-hydrogen) atoms. The molecule has 0 spiro atoms. The lowest BCUT2D eigenvalue weighted by Crippen LogP contribution is -2.34. The molecule has 0 aliphatic heterocycles. The number of hydrogen-bond donors (Lipinski definition) is 1. The Balaban J connectivity index is 1.87. The molecule has 1 aliphatic rings. The highest BCUT2D eigenvalue weighted by Gasteiger charge is 2.29. The van der Waals surface area contributed by atoms with Gasteiger partial charge in [0.15, 0.2) is 11.5 Å². The second kappa shape index (κ2) is 5.33.